The molecule has 0 heterocycles. The number of rotatable bonds is 0. The third-order valence-electron chi connectivity index (χ3n) is 0.574. The molecule has 0 atom stereocenters. The molecule has 0 aliphatic heterocycles. The Bertz CT molecular complexity index is 221. The van der Waals surface area contributed by atoms with Crippen LogP contribution in [-0.2, 0) is 4.79 Å². The summed E-state index contributed by atoms with van der Waals surface area (Å²) in [6.45, 7) is 1.08. The van der Waals surface area contributed by atoms with Gasteiger partial charge < -0.3 is 20.4 Å². The molecule has 0 saturated carbocycles. The standard InChI is InChI=1S/C3H3NO6.C2H4O2/c5-1(6)4(2(7)8)3(9)10;1-2(3)4/h(H,5,6)(H,7,8)(H,9,10);1H3,(H,3,4). The Balaban J connectivity index is 0. The van der Waals surface area contributed by atoms with E-state index in [9.17, 15) is 14.4 Å². The molecule has 9 nitrogen and oxygen atoms in total. The smallest absolute Gasteiger partial charge is 0.426 e. The molecular formula is C5H7NO8. The first-order chi connectivity index (χ1) is 6.20. The maximum atomic E-state index is 9.75. The average molecular weight is 209 g/mol. The molecule has 0 radical (unpaired) electrons. The van der Waals surface area contributed by atoms with Crippen molar-refractivity contribution in [2.24, 2.45) is 0 Å². The fourth-order valence-corrected chi connectivity index (χ4v) is 0.245. The van der Waals surface area contributed by atoms with E-state index in [0.29, 0.717) is 0 Å². The molecule has 0 saturated heterocycles. The van der Waals surface area contributed by atoms with Gasteiger partial charge in [0.1, 0.15) is 0 Å². The lowest BCUT2D eigenvalue weighted by Gasteiger charge is -2.04. The number of imide groups is 3. The van der Waals surface area contributed by atoms with E-state index in [1.807, 2.05) is 0 Å². The van der Waals surface area contributed by atoms with Gasteiger partial charge in [-0.2, -0.15) is 0 Å². The molecule has 0 bridgehead atoms. The van der Waals surface area contributed by atoms with Crippen LogP contribution < -0.4 is 0 Å². The highest BCUT2D eigenvalue weighted by molar-refractivity contribution is 6.01. The van der Waals surface area contributed by atoms with Crippen molar-refractivity contribution >= 4 is 24.2 Å². The molecule has 0 spiro atoms. The van der Waals surface area contributed by atoms with Crippen LogP contribution in [0.25, 0.3) is 0 Å². The van der Waals surface area contributed by atoms with E-state index in [0.717, 1.165) is 6.92 Å². The van der Waals surface area contributed by atoms with Gasteiger partial charge >= 0.3 is 18.3 Å². The first kappa shape index (κ1) is 14.2. The molecule has 0 unspecified atom stereocenters. The molecule has 0 rings (SSSR count). The van der Waals surface area contributed by atoms with E-state index in [2.05, 4.69) is 0 Å². The van der Waals surface area contributed by atoms with Crippen molar-refractivity contribution in [3.63, 3.8) is 0 Å². The molecule has 9 heteroatoms. The zero-order valence-corrected chi connectivity index (χ0v) is 6.87. The molecular weight excluding hydrogens is 202 g/mol. The largest absolute Gasteiger partial charge is 0.481 e. The predicted octanol–water partition coefficient (Wildman–Crippen LogP) is 0.413. The minimum absolute atomic E-state index is 0.750. The second-order valence-corrected chi connectivity index (χ2v) is 1.70. The van der Waals surface area contributed by atoms with Crippen LogP contribution in [0.1, 0.15) is 6.92 Å². The zero-order valence-electron chi connectivity index (χ0n) is 6.87. The summed E-state index contributed by atoms with van der Waals surface area (Å²) in [5.74, 6) is -0.833. The number of carboxylic acids is 1. The monoisotopic (exact) mass is 209 g/mol. The van der Waals surface area contributed by atoms with Crippen molar-refractivity contribution < 1.29 is 39.6 Å². The lowest BCUT2D eigenvalue weighted by Crippen LogP contribution is -2.38. The molecule has 80 valence electrons. The SMILES string of the molecule is CC(=O)O.O=C(O)N(C(=O)O)C(=O)O. The van der Waals surface area contributed by atoms with Crippen molar-refractivity contribution in [1.29, 1.82) is 0 Å². The van der Waals surface area contributed by atoms with Crippen LogP contribution in [-0.4, -0.2) is 49.6 Å². The summed E-state index contributed by atoms with van der Waals surface area (Å²) in [4.78, 5) is 37.5. The van der Waals surface area contributed by atoms with Crippen molar-refractivity contribution in [1.82, 2.24) is 4.90 Å². The van der Waals surface area contributed by atoms with Gasteiger partial charge in [-0.1, -0.05) is 0 Å². The maximum absolute atomic E-state index is 9.75. The number of carboxylic acid groups (broad SMARTS) is 4. The number of amides is 3. The van der Waals surface area contributed by atoms with Gasteiger partial charge in [0, 0.05) is 6.92 Å². The van der Waals surface area contributed by atoms with Crippen molar-refractivity contribution in [2.45, 2.75) is 6.92 Å². The molecule has 0 aromatic heterocycles. The summed E-state index contributed by atoms with van der Waals surface area (Å²) in [5.41, 5.74) is 0. The maximum Gasteiger partial charge on any atom is 0.426 e. The Hall–Kier alpha value is -2.32. The van der Waals surface area contributed by atoms with Gasteiger partial charge in [-0.3, -0.25) is 4.79 Å². The quantitative estimate of drug-likeness (QED) is 0.447. The highest BCUT2D eigenvalue weighted by Gasteiger charge is 2.26. The van der Waals surface area contributed by atoms with E-state index in [1.54, 1.807) is 0 Å². The Labute approximate surface area is 76.8 Å². The number of nitrogens with zero attached hydrogens (tertiary/aromatic N) is 1. The van der Waals surface area contributed by atoms with Crippen LogP contribution >= 0.6 is 0 Å². The van der Waals surface area contributed by atoms with Crippen molar-refractivity contribution in [2.75, 3.05) is 0 Å². The minimum Gasteiger partial charge on any atom is -0.481 e. The van der Waals surface area contributed by atoms with E-state index in [4.69, 9.17) is 25.2 Å². The fourth-order valence-electron chi connectivity index (χ4n) is 0.245. The van der Waals surface area contributed by atoms with Crippen molar-refractivity contribution in [3.8, 4) is 0 Å². The van der Waals surface area contributed by atoms with Gasteiger partial charge in [0.25, 0.3) is 5.97 Å². The molecule has 0 aliphatic rings. The fraction of sp³-hybridized carbons (Fsp3) is 0.200. The number of hydrogen-bond donors (Lipinski definition) is 4. The van der Waals surface area contributed by atoms with Gasteiger partial charge in [-0.05, 0) is 0 Å². The Morgan fingerprint density at radius 3 is 0.929 bits per heavy atom. The summed E-state index contributed by atoms with van der Waals surface area (Å²) in [6, 6.07) is 0. The van der Waals surface area contributed by atoms with E-state index < -0.39 is 29.1 Å². The molecule has 0 aromatic carbocycles. The molecule has 14 heavy (non-hydrogen) atoms. The average Bonchev–Trinajstić information content (AvgIpc) is 1.80. The van der Waals surface area contributed by atoms with Gasteiger partial charge in [0.15, 0.2) is 0 Å². The van der Waals surface area contributed by atoms with Crippen LogP contribution in [0, 0.1) is 0 Å². The summed E-state index contributed by atoms with van der Waals surface area (Å²) < 4.78 is 0. The zero-order chi connectivity index (χ0) is 11.9. The molecule has 0 fully saturated rings. The number of carbonyl (C=O) groups is 4. The number of hydrogen-bond acceptors (Lipinski definition) is 4. The third kappa shape index (κ3) is 7.78. The van der Waals surface area contributed by atoms with Crippen LogP contribution in [0.2, 0.25) is 0 Å². The second-order valence-electron chi connectivity index (χ2n) is 1.70. The first-order valence-corrected chi connectivity index (χ1v) is 2.88. The molecule has 3 amide bonds. The highest BCUT2D eigenvalue weighted by atomic mass is 16.5. The minimum atomic E-state index is -2.04. The Morgan fingerprint density at radius 1 is 0.786 bits per heavy atom. The Morgan fingerprint density at radius 2 is 0.929 bits per heavy atom. The first-order valence-electron chi connectivity index (χ1n) is 2.88. The molecule has 4 N–H and O–H groups in total. The summed E-state index contributed by atoms with van der Waals surface area (Å²) in [6.07, 6.45) is -6.12. The van der Waals surface area contributed by atoms with Crippen molar-refractivity contribution in [3.05, 3.63) is 0 Å². The predicted molar refractivity (Wildman–Crippen MR) is 39.2 cm³/mol. The summed E-state index contributed by atoms with van der Waals surface area (Å²) in [7, 11) is 0. The lowest BCUT2D eigenvalue weighted by molar-refractivity contribution is -0.134. The van der Waals surface area contributed by atoms with Crippen LogP contribution in [0.5, 0.6) is 0 Å². The van der Waals surface area contributed by atoms with Crippen LogP contribution in [0.4, 0.5) is 14.4 Å². The lowest BCUT2D eigenvalue weighted by atomic mass is 10.8. The van der Waals surface area contributed by atoms with E-state index >= 15 is 0 Å². The highest BCUT2D eigenvalue weighted by Crippen LogP contribution is 1.90. The summed E-state index contributed by atoms with van der Waals surface area (Å²) in [5, 5.41) is 31.1. The van der Waals surface area contributed by atoms with E-state index in [1.165, 1.54) is 0 Å². The topological polar surface area (TPSA) is 152 Å². The number of aliphatic carboxylic acids is 1. The molecule has 0 aromatic rings. The third-order valence-corrected chi connectivity index (χ3v) is 0.574. The summed E-state index contributed by atoms with van der Waals surface area (Å²) >= 11 is 0. The second kappa shape index (κ2) is 6.22. The normalized spacial score (nSPS) is 7.79. The van der Waals surface area contributed by atoms with Crippen LogP contribution in [0.3, 0.4) is 0 Å². The van der Waals surface area contributed by atoms with Crippen LogP contribution in [0.15, 0.2) is 0 Å². The van der Waals surface area contributed by atoms with Gasteiger partial charge in [0.05, 0.1) is 0 Å². The van der Waals surface area contributed by atoms with Gasteiger partial charge in [0.2, 0.25) is 0 Å². The molecule has 0 aliphatic carbocycles. The Kier molecular flexibility index (Phi) is 6.32. The van der Waals surface area contributed by atoms with Gasteiger partial charge in [-0.15, -0.1) is 4.90 Å². The van der Waals surface area contributed by atoms with Gasteiger partial charge in [-0.25, -0.2) is 14.4 Å². The van der Waals surface area contributed by atoms with E-state index in [-0.39, 0.29) is 0 Å².